The van der Waals surface area contributed by atoms with Crippen LogP contribution in [0.1, 0.15) is 6.92 Å². The molecule has 0 saturated carbocycles. The van der Waals surface area contributed by atoms with E-state index in [4.69, 9.17) is 0 Å². The number of nitro groups is 1. The Hall–Kier alpha value is -1.84. The largest absolute Gasteiger partial charge is 0.367 e. The Morgan fingerprint density at radius 3 is 2.50 bits per heavy atom. The lowest BCUT2D eigenvalue weighted by Crippen LogP contribution is -2.18. The van der Waals surface area contributed by atoms with Crippen molar-refractivity contribution in [2.45, 2.75) is 6.92 Å². The molecular formula is C12H14N2O2. The highest BCUT2D eigenvalue weighted by atomic mass is 16.6. The molecule has 1 atom stereocenters. The number of nitrogens with zero attached hydrogens (tertiary/aromatic N) is 2. The number of hydrogen-bond acceptors (Lipinski definition) is 3. The average Bonchev–Trinajstić information content (AvgIpc) is 2.59. The van der Waals surface area contributed by atoms with Crippen molar-refractivity contribution in [3.8, 4) is 0 Å². The van der Waals surface area contributed by atoms with Crippen molar-refractivity contribution >= 4 is 11.4 Å². The highest BCUT2D eigenvalue weighted by Gasteiger charge is 2.22. The molecular weight excluding hydrogens is 204 g/mol. The van der Waals surface area contributed by atoms with Crippen LogP contribution in [0.3, 0.4) is 0 Å². The molecule has 1 aromatic rings. The number of anilines is 1. The first-order valence-corrected chi connectivity index (χ1v) is 5.25. The fourth-order valence-electron chi connectivity index (χ4n) is 1.91. The molecule has 2 rings (SSSR count). The summed E-state index contributed by atoms with van der Waals surface area (Å²) >= 11 is 0. The third kappa shape index (κ3) is 1.91. The van der Waals surface area contributed by atoms with Gasteiger partial charge in [0.05, 0.1) is 4.92 Å². The van der Waals surface area contributed by atoms with Gasteiger partial charge in [0.25, 0.3) is 5.69 Å². The molecule has 0 radical (unpaired) electrons. The Bertz CT molecular complexity index is 425. The first-order chi connectivity index (χ1) is 7.58. The second-order valence-corrected chi connectivity index (χ2v) is 4.21. The summed E-state index contributed by atoms with van der Waals surface area (Å²) in [4.78, 5) is 12.3. The molecule has 1 saturated heterocycles. The van der Waals surface area contributed by atoms with Crippen molar-refractivity contribution in [2.24, 2.45) is 5.92 Å². The number of hydrogen-bond donors (Lipinski definition) is 0. The molecule has 0 unspecified atom stereocenters. The van der Waals surface area contributed by atoms with Gasteiger partial charge in [0.2, 0.25) is 0 Å². The summed E-state index contributed by atoms with van der Waals surface area (Å²) in [5.74, 6) is 0.496. The van der Waals surface area contributed by atoms with Gasteiger partial charge in [-0.15, -0.1) is 0 Å². The quantitative estimate of drug-likeness (QED) is 0.435. The van der Waals surface area contributed by atoms with E-state index in [1.165, 1.54) is 5.57 Å². The Morgan fingerprint density at radius 2 is 2.06 bits per heavy atom. The van der Waals surface area contributed by atoms with Crippen molar-refractivity contribution in [1.29, 1.82) is 0 Å². The molecule has 0 bridgehead atoms. The van der Waals surface area contributed by atoms with Gasteiger partial charge in [-0.2, -0.15) is 0 Å². The van der Waals surface area contributed by atoms with Crippen molar-refractivity contribution in [3.05, 3.63) is 46.5 Å². The normalized spacial score (nSPS) is 20.2. The van der Waals surface area contributed by atoms with Gasteiger partial charge in [0, 0.05) is 30.9 Å². The SMILES string of the molecule is C=C1CN(c2ccc([N+](=O)[O-])cc2)C[C@@H]1C. The molecule has 4 nitrogen and oxygen atoms in total. The Balaban J connectivity index is 2.17. The van der Waals surface area contributed by atoms with Crippen molar-refractivity contribution in [2.75, 3.05) is 18.0 Å². The highest BCUT2D eigenvalue weighted by Crippen LogP contribution is 2.27. The summed E-state index contributed by atoms with van der Waals surface area (Å²) in [6.07, 6.45) is 0. The van der Waals surface area contributed by atoms with Gasteiger partial charge < -0.3 is 4.90 Å². The van der Waals surface area contributed by atoms with Crippen LogP contribution >= 0.6 is 0 Å². The molecule has 4 heteroatoms. The van der Waals surface area contributed by atoms with E-state index in [2.05, 4.69) is 18.4 Å². The minimum absolute atomic E-state index is 0.134. The summed E-state index contributed by atoms with van der Waals surface area (Å²) < 4.78 is 0. The summed E-state index contributed by atoms with van der Waals surface area (Å²) in [5, 5.41) is 10.5. The second kappa shape index (κ2) is 3.96. The third-order valence-electron chi connectivity index (χ3n) is 3.01. The zero-order chi connectivity index (χ0) is 11.7. The molecule has 1 aliphatic rings. The zero-order valence-corrected chi connectivity index (χ0v) is 9.22. The van der Waals surface area contributed by atoms with E-state index in [0.717, 1.165) is 18.8 Å². The maximum absolute atomic E-state index is 10.5. The minimum Gasteiger partial charge on any atom is -0.367 e. The second-order valence-electron chi connectivity index (χ2n) is 4.21. The van der Waals surface area contributed by atoms with E-state index < -0.39 is 0 Å². The minimum atomic E-state index is -0.380. The third-order valence-corrected chi connectivity index (χ3v) is 3.01. The van der Waals surface area contributed by atoms with Gasteiger partial charge in [-0.1, -0.05) is 19.1 Å². The fourth-order valence-corrected chi connectivity index (χ4v) is 1.91. The van der Waals surface area contributed by atoms with Crippen molar-refractivity contribution < 1.29 is 4.92 Å². The molecule has 0 spiro atoms. The molecule has 1 aromatic carbocycles. The Morgan fingerprint density at radius 1 is 1.44 bits per heavy atom. The lowest BCUT2D eigenvalue weighted by Gasteiger charge is -2.17. The van der Waals surface area contributed by atoms with E-state index in [-0.39, 0.29) is 10.6 Å². The molecule has 1 fully saturated rings. The van der Waals surface area contributed by atoms with Gasteiger partial charge in [-0.05, 0) is 18.1 Å². The predicted molar refractivity (Wildman–Crippen MR) is 63.6 cm³/mol. The molecule has 84 valence electrons. The van der Waals surface area contributed by atoms with E-state index in [1.54, 1.807) is 24.3 Å². The average molecular weight is 218 g/mol. The monoisotopic (exact) mass is 218 g/mol. The van der Waals surface area contributed by atoms with Crippen LogP contribution in [0.2, 0.25) is 0 Å². The van der Waals surface area contributed by atoms with Crippen LogP contribution in [0.15, 0.2) is 36.4 Å². The van der Waals surface area contributed by atoms with Gasteiger partial charge in [-0.25, -0.2) is 0 Å². The van der Waals surface area contributed by atoms with Crippen LogP contribution in [0.4, 0.5) is 11.4 Å². The Labute approximate surface area is 94.3 Å². The number of rotatable bonds is 2. The summed E-state index contributed by atoms with van der Waals surface area (Å²) in [7, 11) is 0. The topological polar surface area (TPSA) is 46.4 Å². The molecule has 0 aliphatic carbocycles. The standard InChI is InChI=1S/C12H14N2O2/c1-9-7-13(8-10(9)2)11-3-5-12(6-4-11)14(15)16/h3-6,10H,1,7-8H2,2H3/t10-/m0/s1. The number of nitro benzene ring substituents is 1. The molecule has 1 aliphatic heterocycles. The van der Waals surface area contributed by atoms with E-state index in [1.807, 2.05) is 0 Å². The smallest absolute Gasteiger partial charge is 0.269 e. The van der Waals surface area contributed by atoms with E-state index in [0.29, 0.717) is 5.92 Å². The van der Waals surface area contributed by atoms with Crippen LogP contribution in [0.5, 0.6) is 0 Å². The molecule has 0 aromatic heterocycles. The van der Waals surface area contributed by atoms with Gasteiger partial charge in [0.1, 0.15) is 0 Å². The molecule has 0 N–H and O–H groups in total. The lowest BCUT2D eigenvalue weighted by atomic mass is 10.1. The number of benzene rings is 1. The maximum Gasteiger partial charge on any atom is 0.269 e. The predicted octanol–water partition coefficient (Wildman–Crippen LogP) is 2.61. The van der Waals surface area contributed by atoms with Gasteiger partial charge in [-0.3, -0.25) is 10.1 Å². The summed E-state index contributed by atoms with van der Waals surface area (Å²) in [5.41, 5.74) is 2.38. The van der Waals surface area contributed by atoms with Gasteiger partial charge in [0.15, 0.2) is 0 Å². The fraction of sp³-hybridized carbons (Fsp3) is 0.333. The lowest BCUT2D eigenvalue weighted by molar-refractivity contribution is -0.384. The van der Waals surface area contributed by atoms with Crippen LogP contribution in [-0.4, -0.2) is 18.0 Å². The summed E-state index contributed by atoms with van der Waals surface area (Å²) in [6, 6.07) is 6.68. The van der Waals surface area contributed by atoms with Crippen LogP contribution in [0.25, 0.3) is 0 Å². The molecule has 1 heterocycles. The number of non-ortho nitro benzene ring substituents is 1. The van der Waals surface area contributed by atoms with Crippen LogP contribution in [0, 0.1) is 16.0 Å². The molecule has 0 amide bonds. The highest BCUT2D eigenvalue weighted by molar-refractivity contribution is 5.53. The van der Waals surface area contributed by atoms with Crippen LogP contribution in [-0.2, 0) is 0 Å². The van der Waals surface area contributed by atoms with Crippen LogP contribution < -0.4 is 4.90 Å². The first-order valence-electron chi connectivity index (χ1n) is 5.25. The van der Waals surface area contributed by atoms with Crippen molar-refractivity contribution in [3.63, 3.8) is 0 Å². The maximum atomic E-state index is 10.5. The first kappa shape index (κ1) is 10.7. The van der Waals surface area contributed by atoms with Crippen molar-refractivity contribution in [1.82, 2.24) is 0 Å². The van der Waals surface area contributed by atoms with Gasteiger partial charge >= 0.3 is 0 Å². The zero-order valence-electron chi connectivity index (χ0n) is 9.22. The van der Waals surface area contributed by atoms with E-state index >= 15 is 0 Å². The Kier molecular flexibility index (Phi) is 2.64. The van der Waals surface area contributed by atoms with E-state index in [9.17, 15) is 10.1 Å². The molecule has 16 heavy (non-hydrogen) atoms. The summed E-state index contributed by atoms with van der Waals surface area (Å²) in [6.45, 7) is 7.94.